The molecule has 4 aliphatic carbocycles. The molecule has 4 unspecified atom stereocenters. The normalized spacial score (nSPS) is 30.1. The largest absolute Gasteiger partial charge is 0.510 e. The van der Waals surface area contributed by atoms with E-state index in [1.165, 1.54) is 10.5 Å². The van der Waals surface area contributed by atoms with Gasteiger partial charge in [-0.1, -0.05) is 36.4 Å². The molecule has 2 aromatic carbocycles. The molecule has 1 amide bonds. The molecular formula is C34H39N3O7. The fraction of sp³-hybridized carbons (Fsp3) is 0.441. The molecule has 1 saturated carbocycles. The van der Waals surface area contributed by atoms with Crippen molar-refractivity contribution in [3.05, 3.63) is 81.8 Å². The maximum absolute atomic E-state index is 14.0. The Balaban J connectivity index is 1.27. The summed E-state index contributed by atoms with van der Waals surface area (Å²) in [4.78, 5) is 41.1. The highest BCUT2D eigenvalue weighted by Gasteiger charge is 2.63. The van der Waals surface area contributed by atoms with Gasteiger partial charge in [0.25, 0.3) is 5.91 Å². The maximum atomic E-state index is 14.0. The van der Waals surface area contributed by atoms with Crippen LogP contribution in [-0.2, 0) is 22.4 Å². The molecule has 0 radical (unpaired) electrons. The average Bonchev–Trinajstić information content (AvgIpc) is 2.97. The summed E-state index contributed by atoms with van der Waals surface area (Å²) >= 11 is 0. The second-order valence-corrected chi connectivity index (χ2v) is 13.0. The standard InChI is InChI=1S/C34H39N3O7/c1-37(2)27-22-16-20-15-19-10-13-23(36-21-11-8-18(9-12-21)14-17-6-4-3-5-7-17)28(38)24(19)29(39)25(20)31(41)34(22,44)32(42)26(30(27)40)33(35)43/h3-7,10,13,18,20-22,27,36,38,40-41,44H,8-9,11-12,14-16H2,1-2H3,(H2,35,43). The van der Waals surface area contributed by atoms with E-state index in [-0.39, 0.29) is 35.8 Å². The minimum atomic E-state index is -2.64. The number of carbonyl (C=O) groups excluding carboxylic acids is 3. The zero-order valence-corrected chi connectivity index (χ0v) is 24.9. The number of nitrogens with two attached hydrogens (primary N) is 1. The van der Waals surface area contributed by atoms with E-state index in [2.05, 4.69) is 29.6 Å². The van der Waals surface area contributed by atoms with Crippen molar-refractivity contribution in [2.24, 2.45) is 23.5 Å². The van der Waals surface area contributed by atoms with E-state index in [1.807, 2.05) is 6.07 Å². The average molecular weight is 602 g/mol. The van der Waals surface area contributed by atoms with Crippen molar-refractivity contribution >= 4 is 23.2 Å². The third-order valence-electron chi connectivity index (χ3n) is 10.2. The Kier molecular flexibility index (Phi) is 7.53. The quantitative estimate of drug-likeness (QED) is 0.214. The number of fused-ring (bicyclic) bond motifs is 3. The molecule has 0 bridgehead atoms. The molecule has 2 aromatic rings. The van der Waals surface area contributed by atoms with E-state index < -0.39 is 58.0 Å². The van der Waals surface area contributed by atoms with Crippen molar-refractivity contribution in [1.82, 2.24) is 4.90 Å². The lowest BCUT2D eigenvalue weighted by molar-refractivity contribution is -0.148. The van der Waals surface area contributed by atoms with Crippen molar-refractivity contribution in [3.63, 3.8) is 0 Å². The van der Waals surface area contributed by atoms with E-state index in [0.717, 1.165) is 32.1 Å². The van der Waals surface area contributed by atoms with Gasteiger partial charge in [0.15, 0.2) is 11.4 Å². The summed E-state index contributed by atoms with van der Waals surface area (Å²) in [5.41, 5.74) is 4.15. The van der Waals surface area contributed by atoms with Crippen LogP contribution in [0.25, 0.3) is 0 Å². The number of aliphatic hydroxyl groups is 3. The van der Waals surface area contributed by atoms with Crippen LogP contribution in [0.4, 0.5) is 5.69 Å². The molecule has 6 rings (SSSR count). The number of hydrogen-bond acceptors (Lipinski definition) is 9. The highest BCUT2D eigenvalue weighted by molar-refractivity contribution is 6.24. The highest BCUT2D eigenvalue weighted by atomic mass is 16.3. The molecule has 0 heterocycles. The summed E-state index contributed by atoms with van der Waals surface area (Å²) in [5, 5.41) is 48.9. The van der Waals surface area contributed by atoms with Crippen LogP contribution in [0.5, 0.6) is 5.75 Å². The van der Waals surface area contributed by atoms with Crippen LogP contribution in [0.15, 0.2) is 65.1 Å². The number of phenolic OH excluding ortho intramolecular Hbond substituents is 1. The molecule has 0 aromatic heterocycles. The molecule has 4 aliphatic rings. The summed E-state index contributed by atoms with van der Waals surface area (Å²) in [6.07, 6.45) is 5.29. The first-order valence-corrected chi connectivity index (χ1v) is 15.2. The first kappa shape index (κ1) is 29.9. The number of benzene rings is 2. The Morgan fingerprint density at radius 2 is 1.70 bits per heavy atom. The second-order valence-electron chi connectivity index (χ2n) is 13.0. The van der Waals surface area contributed by atoms with Crippen LogP contribution in [0.3, 0.4) is 0 Å². The van der Waals surface area contributed by atoms with Gasteiger partial charge in [-0.05, 0) is 88.1 Å². The first-order valence-electron chi connectivity index (χ1n) is 15.2. The number of aliphatic hydroxyl groups excluding tert-OH is 2. The first-order chi connectivity index (χ1) is 20.9. The fourth-order valence-electron chi connectivity index (χ4n) is 8.02. The second kappa shape index (κ2) is 11.1. The molecule has 0 saturated heterocycles. The Hall–Kier alpha value is -4.15. The third-order valence-corrected chi connectivity index (χ3v) is 10.2. The molecular weight excluding hydrogens is 562 g/mol. The summed E-state index contributed by atoms with van der Waals surface area (Å²) < 4.78 is 0. The number of likely N-dealkylation sites (N-methyl/N-ethyl adjacent to an activating group) is 1. The van der Waals surface area contributed by atoms with Gasteiger partial charge in [-0.3, -0.25) is 19.3 Å². The number of primary amides is 1. The molecule has 4 atom stereocenters. The molecule has 44 heavy (non-hydrogen) atoms. The van der Waals surface area contributed by atoms with E-state index in [1.54, 1.807) is 26.2 Å². The van der Waals surface area contributed by atoms with E-state index in [0.29, 0.717) is 17.2 Å². The Morgan fingerprint density at radius 1 is 1.02 bits per heavy atom. The lowest BCUT2D eigenvalue weighted by Gasteiger charge is -2.50. The predicted molar refractivity (Wildman–Crippen MR) is 163 cm³/mol. The van der Waals surface area contributed by atoms with Crippen molar-refractivity contribution in [2.75, 3.05) is 19.4 Å². The van der Waals surface area contributed by atoms with Gasteiger partial charge in [-0.25, -0.2) is 0 Å². The number of phenols is 1. The number of amides is 1. The Morgan fingerprint density at radius 3 is 2.34 bits per heavy atom. The number of allylic oxidation sites excluding steroid dienone is 1. The van der Waals surface area contributed by atoms with Crippen molar-refractivity contribution in [2.45, 2.75) is 62.6 Å². The van der Waals surface area contributed by atoms with Gasteiger partial charge in [-0.15, -0.1) is 0 Å². The number of hydrogen-bond donors (Lipinski definition) is 6. The third kappa shape index (κ3) is 4.68. The topological polar surface area (TPSA) is 173 Å². The van der Waals surface area contributed by atoms with Gasteiger partial charge in [0.1, 0.15) is 22.8 Å². The summed E-state index contributed by atoms with van der Waals surface area (Å²) in [6, 6.07) is 13.1. The summed E-state index contributed by atoms with van der Waals surface area (Å²) in [6.45, 7) is 0. The van der Waals surface area contributed by atoms with Gasteiger partial charge < -0.3 is 31.5 Å². The molecule has 7 N–H and O–H groups in total. The van der Waals surface area contributed by atoms with Crippen LogP contribution in [0, 0.1) is 17.8 Å². The Bertz CT molecular complexity index is 1590. The maximum Gasteiger partial charge on any atom is 0.255 e. The van der Waals surface area contributed by atoms with Crippen molar-refractivity contribution < 1.29 is 34.8 Å². The number of nitrogens with one attached hydrogen (secondary N) is 1. The van der Waals surface area contributed by atoms with E-state index >= 15 is 0 Å². The van der Waals surface area contributed by atoms with Crippen molar-refractivity contribution in [3.8, 4) is 5.75 Å². The zero-order chi connectivity index (χ0) is 31.5. The number of carbonyl (C=O) groups is 3. The number of aromatic hydroxyl groups is 1. The van der Waals surface area contributed by atoms with Gasteiger partial charge in [0.05, 0.1) is 17.3 Å². The fourth-order valence-corrected chi connectivity index (χ4v) is 8.02. The van der Waals surface area contributed by atoms with E-state index in [4.69, 9.17) is 5.73 Å². The summed E-state index contributed by atoms with van der Waals surface area (Å²) in [7, 11) is 3.21. The van der Waals surface area contributed by atoms with Crippen LogP contribution in [0.2, 0.25) is 0 Å². The predicted octanol–water partition coefficient (Wildman–Crippen LogP) is 3.33. The molecule has 10 nitrogen and oxygen atoms in total. The molecule has 0 spiro atoms. The molecule has 232 valence electrons. The smallest absolute Gasteiger partial charge is 0.255 e. The van der Waals surface area contributed by atoms with Crippen LogP contribution in [0.1, 0.15) is 53.6 Å². The van der Waals surface area contributed by atoms with Gasteiger partial charge >= 0.3 is 0 Å². The lowest BCUT2D eigenvalue weighted by Crippen LogP contribution is -2.63. The van der Waals surface area contributed by atoms with E-state index in [9.17, 15) is 34.8 Å². The van der Waals surface area contributed by atoms with Gasteiger partial charge in [-0.2, -0.15) is 0 Å². The minimum absolute atomic E-state index is 0.0218. The minimum Gasteiger partial charge on any atom is -0.510 e. The zero-order valence-electron chi connectivity index (χ0n) is 24.9. The van der Waals surface area contributed by atoms with Crippen LogP contribution >= 0.6 is 0 Å². The molecule has 10 heteroatoms. The highest BCUT2D eigenvalue weighted by Crippen LogP contribution is 2.52. The van der Waals surface area contributed by atoms with Crippen LogP contribution < -0.4 is 11.1 Å². The number of ketones is 2. The van der Waals surface area contributed by atoms with Crippen LogP contribution in [-0.4, -0.2) is 74.6 Å². The SMILES string of the molecule is CN(C)C1C(O)=C(C(N)=O)C(=O)C2(O)C(O)=C3C(=O)c4c(ccc(NC5CCC(Cc6ccccc6)CC5)c4O)CC3CC12. The lowest BCUT2D eigenvalue weighted by atomic mass is 9.58. The number of rotatable bonds is 6. The molecule has 1 fully saturated rings. The molecule has 0 aliphatic heterocycles. The number of nitrogens with zero attached hydrogens (tertiary/aromatic N) is 1. The van der Waals surface area contributed by atoms with Crippen molar-refractivity contribution in [1.29, 1.82) is 0 Å². The summed E-state index contributed by atoms with van der Waals surface area (Å²) in [5.74, 6) is -5.87. The van der Waals surface area contributed by atoms with Gasteiger partial charge in [0, 0.05) is 17.5 Å². The monoisotopic (exact) mass is 601 g/mol. The number of anilines is 1. The Labute approximate surface area is 255 Å². The van der Waals surface area contributed by atoms with Gasteiger partial charge in [0.2, 0.25) is 5.78 Å². The number of Topliss-reactive ketones (excluding diaryl/α,β-unsaturated/α-hetero) is 2.